The van der Waals surface area contributed by atoms with Gasteiger partial charge in [-0.05, 0) is 43.6 Å². The number of hydrogen-bond acceptors (Lipinski definition) is 4. The number of nitrogens with two attached hydrogens (primary N) is 1. The van der Waals surface area contributed by atoms with Gasteiger partial charge in [-0.1, -0.05) is 19.8 Å². The molecule has 2 unspecified atom stereocenters. The van der Waals surface area contributed by atoms with Gasteiger partial charge in [0.1, 0.15) is 16.5 Å². The van der Waals surface area contributed by atoms with E-state index in [1.807, 2.05) is 11.3 Å². The van der Waals surface area contributed by atoms with E-state index in [0.717, 1.165) is 34.2 Å². The van der Waals surface area contributed by atoms with E-state index in [1.54, 1.807) is 0 Å². The van der Waals surface area contributed by atoms with Gasteiger partial charge < -0.3 is 5.73 Å². The first kappa shape index (κ1) is 12.6. The third kappa shape index (κ3) is 1.93. The van der Waals surface area contributed by atoms with Gasteiger partial charge in [-0.2, -0.15) is 0 Å². The zero-order valence-corrected chi connectivity index (χ0v) is 12.8. The van der Waals surface area contributed by atoms with E-state index in [2.05, 4.69) is 11.9 Å². The number of aromatic nitrogens is 2. The van der Waals surface area contributed by atoms with Crippen molar-refractivity contribution in [1.82, 2.24) is 9.97 Å². The Morgan fingerprint density at radius 2 is 2.05 bits per heavy atom. The normalized spacial score (nSPS) is 26.1. The zero-order valence-electron chi connectivity index (χ0n) is 12.0. The summed E-state index contributed by atoms with van der Waals surface area (Å²) in [6.07, 6.45) is 8.71. The number of nitrogens with zero attached hydrogens (tertiary/aromatic N) is 2. The highest BCUT2D eigenvalue weighted by Crippen LogP contribution is 2.41. The zero-order chi connectivity index (χ0) is 13.7. The van der Waals surface area contributed by atoms with Crippen molar-refractivity contribution in [2.24, 2.45) is 5.92 Å². The summed E-state index contributed by atoms with van der Waals surface area (Å²) in [7, 11) is 0. The van der Waals surface area contributed by atoms with Crippen LogP contribution in [0.5, 0.6) is 0 Å². The molecular formula is C16H21N3S. The predicted octanol–water partition coefficient (Wildman–Crippen LogP) is 4.06. The monoisotopic (exact) mass is 287 g/mol. The van der Waals surface area contributed by atoms with Gasteiger partial charge >= 0.3 is 0 Å². The van der Waals surface area contributed by atoms with E-state index in [9.17, 15) is 0 Å². The lowest BCUT2D eigenvalue weighted by Crippen LogP contribution is -2.15. The van der Waals surface area contributed by atoms with Gasteiger partial charge in [0.25, 0.3) is 0 Å². The van der Waals surface area contributed by atoms with Crippen LogP contribution in [0.1, 0.15) is 61.2 Å². The molecule has 2 heterocycles. The molecule has 2 N–H and O–H groups in total. The standard InChI is InChI=1S/C16H21N3S/c1-9-4-2-5-10(8-9)15-18-14(17)13-11-6-3-7-12(11)20-16(13)19-15/h9-10H,2-8H2,1H3,(H2,17,18,19). The molecule has 4 heteroatoms. The SMILES string of the molecule is CC1CCCC(c2nc(N)c3c4c(sc3n2)CCC4)C1. The first-order valence-corrected chi connectivity index (χ1v) is 8.61. The van der Waals surface area contributed by atoms with Crippen LogP contribution in [0.4, 0.5) is 5.82 Å². The first-order chi connectivity index (χ1) is 9.72. The van der Waals surface area contributed by atoms with Crippen LogP contribution in [0.2, 0.25) is 0 Å². The number of aryl methyl sites for hydroxylation is 2. The molecule has 0 amide bonds. The summed E-state index contributed by atoms with van der Waals surface area (Å²) in [4.78, 5) is 12.2. The molecule has 0 aliphatic heterocycles. The van der Waals surface area contributed by atoms with Crippen LogP contribution in [0.25, 0.3) is 10.2 Å². The van der Waals surface area contributed by atoms with Gasteiger partial charge in [0.05, 0.1) is 5.39 Å². The van der Waals surface area contributed by atoms with Crippen molar-refractivity contribution < 1.29 is 0 Å². The Bertz CT molecular complexity index is 661. The fraction of sp³-hybridized carbons (Fsp3) is 0.625. The first-order valence-electron chi connectivity index (χ1n) is 7.80. The van der Waals surface area contributed by atoms with E-state index in [1.165, 1.54) is 49.0 Å². The van der Waals surface area contributed by atoms with Gasteiger partial charge in [0.2, 0.25) is 0 Å². The summed E-state index contributed by atoms with van der Waals surface area (Å²) in [5.41, 5.74) is 7.71. The summed E-state index contributed by atoms with van der Waals surface area (Å²) in [5, 5.41) is 1.16. The van der Waals surface area contributed by atoms with E-state index >= 15 is 0 Å². The van der Waals surface area contributed by atoms with E-state index in [-0.39, 0.29) is 0 Å². The van der Waals surface area contributed by atoms with Gasteiger partial charge in [-0.3, -0.25) is 0 Å². The Kier molecular flexibility index (Phi) is 2.95. The quantitative estimate of drug-likeness (QED) is 0.860. The molecule has 106 valence electrons. The number of rotatable bonds is 1. The van der Waals surface area contributed by atoms with Crippen LogP contribution in [0, 0.1) is 5.92 Å². The van der Waals surface area contributed by atoms with Crippen LogP contribution in [-0.4, -0.2) is 9.97 Å². The maximum absolute atomic E-state index is 6.27. The molecule has 0 saturated heterocycles. The number of anilines is 1. The van der Waals surface area contributed by atoms with Gasteiger partial charge in [-0.25, -0.2) is 9.97 Å². The number of fused-ring (bicyclic) bond motifs is 3. The van der Waals surface area contributed by atoms with Crippen LogP contribution in [-0.2, 0) is 12.8 Å². The minimum Gasteiger partial charge on any atom is -0.383 e. The molecule has 1 fully saturated rings. The van der Waals surface area contributed by atoms with Gasteiger partial charge in [0.15, 0.2) is 0 Å². The molecule has 0 aromatic carbocycles. The molecule has 0 bridgehead atoms. The molecule has 3 nitrogen and oxygen atoms in total. The molecular weight excluding hydrogens is 266 g/mol. The van der Waals surface area contributed by atoms with Crippen molar-refractivity contribution >= 4 is 27.4 Å². The van der Waals surface area contributed by atoms with Crippen molar-refractivity contribution in [3.8, 4) is 0 Å². The Hall–Kier alpha value is -1.16. The second kappa shape index (κ2) is 4.69. The number of thiophene rings is 1. The van der Waals surface area contributed by atoms with Crippen LogP contribution in [0.15, 0.2) is 0 Å². The van der Waals surface area contributed by atoms with Crippen LogP contribution < -0.4 is 5.73 Å². The van der Waals surface area contributed by atoms with Crippen LogP contribution >= 0.6 is 11.3 Å². The highest BCUT2D eigenvalue weighted by molar-refractivity contribution is 7.19. The molecule has 4 rings (SSSR count). The van der Waals surface area contributed by atoms with Crippen LogP contribution in [0.3, 0.4) is 0 Å². The maximum Gasteiger partial charge on any atom is 0.136 e. The van der Waals surface area contributed by atoms with Crippen molar-refractivity contribution in [2.45, 2.75) is 57.8 Å². The second-order valence-electron chi connectivity index (χ2n) is 6.47. The molecule has 2 aliphatic rings. The lowest BCUT2D eigenvalue weighted by molar-refractivity contribution is 0.336. The lowest BCUT2D eigenvalue weighted by atomic mass is 9.82. The summed E-state index contributed by atoms with van der Waals surface area (Å²) >= 11 is 1.85. The molecule has 2 aromatic rings. The molecule has 1 saturated carbocycles. The maximum atomic E-state index is 6.27. The molecule has 2 atom stereocenters. The van der Waals surface area contributed by atoms with Crippen molar-refractivity contribution in [1.29, 1.82) is 0 Å². The number of nitrogen functional groups attached to an aromatic ring is 1. The average molecular weight is 287 g/mol. The van der Waals surface area contributed by atoms with Gasteiger partial charge in [0, 0.05) is 10.8 Å². The second-order valence-corrected chi connectivity index (χ2v) is 7.56. The Labute approximate surface area is 123 Å². The highest BCUT2D eigenvalue weighted by Gasteiger charge is 2.26. The van der Waals surface area contributed by atoms with Gasteiger partial charge in [-0.15, -0.1) is 11.3 Å². The smallest absolute Gasteiger partial charge is 0.136 e. The molecule has 2 aromatic heterocycles. The van der Waals surface area contributed by atoms with E-state index in [4.69, 9.17) is 10.7 Å². The molecule has 0 spiro atoms. The average Bonchev–Trinajstić information content (AvgIpc) is 2.98. The number of hydrogen-bond donors (Lipinski definition) is 1. The molecule has 20 heavy (non-hydrogen) atoms. The minimum atomic E-state index is 0.516. The highest BCUT2D eigenvalue weighted by atomic mass is 32.1. The Morgan fingerprint density at radius 1 is 1.15 bits per heavy atom. The summed E-state index contributed by atoms with van der Waals surface area (Å²) < 4.78 is 0. The van der Waals surface area contributed by atoms with E-state index in [0.29, 0.717) is 5.92 Å². The van der Waals surface area contributed by atoms with E-state index < -0.39 is 0 Å². The fourth-order valence-electron chi connectivity index (χ4n) is 3.89. The summed E-state index contributed by atoms with van der Waals surface area (Å²) in [6.45, 7) is 2.34. The lowest BCUT2D eigenvalue weighted by Gasteiger charge is -2.25. The Morgan fingerprint density at radius 3 is 2.90 bits per heavy atom. The van der Waals surface area contributed by atoms with Crippen molar-refractivity contribution in [2.75, 3.05) is 5.73 Å². The largest absolute Gasteiger partial charge is 0.383 e. The summed E-state index contributed by atoms with van der Waals surface area (Å²) in [5.74, 6) is 3.04. The molecule has 0 radical (unpaired) electrons. The Balaban J connectivity index is 1.78. The van der Waals surface area contributed by atoms with Crippen molar-refractivity contribution in [3.63, 3.8) is 0 Å². The molecule has 2 aliphatic carbocycles. The fourth-order valence-corrected chi connectivity index (χ4v) is 5.17. The predicted molar refractivity (Wildman–Crippen MR) is 84.2 cm³/mol. The minimum absolute atomic E-state index is 0.516. The third-order valence-corrected chi connectivity index (χ3v) is 6.10. The third-order valence-electron chi connectivity index (χ3n) is 4.91. The topological polar surface area (TPSA) is 51.8 Å². The summed E-state index contributed by atoms with van der Waals surface area (Å²) in [6, 6.07) is 0. The van der Waals surface area contributed by atoms with Crippen molar-refractivity contribution in [3.05, 3.63) is 16.3 Å².